The van der Waals surface area contributed by atoms with Crippen molar-refractivity contribution in [1.29, 1.82) is 0 Å². The van der Waals surface area contributed by atoms with Crippen molar-refractivity contribution >= 4 is 37.5 Å². The first-order chi connectivity index (χ1) is 9.81. The number of halogens is 2. The molecule has 21 heavy (non-hydrogen) atoms. The van der Waals surface area contributed by atoms with Crippen molar-refractivity contribution < 1.29 is 0 Å². The van der Waals surface area contributed by atoms with Crippen molar-refractivity contribution in [2.45, 2.75) is 13.5 Å². The molecule has 0 amide bonds. The Labute approximate surface area is 138 Å². The van der Waals surface area contributed by atoms with Gasteiger partial charge in [-0.2, -0.15) is 0 Å². The van der Waals surface area contributed by atoms with Crippen molar-refractivity contribution in [2.24, 2.45) is 14.1 Å². The number of anilines is 1. The van der Waals surface area contributed by atoms with E-state index in [1.165, 1.54) is 17.7 Å². The summed E-state index contributed by atoms with van der Waals surface area (Å²) in [6, 6.07) is 5.46. The number of benzene rings is 1. The zero-order valence-corrected chi connectivity index (χ0v) is 15.1. The quantitative estimate of drug-likeness (QED) is 0.836. The third kappa shape index (κ3) is 3.29. The van der Waals surface area contributed by atoms with Gasteiger partial charge in [-0.05, 0) is 56.5 Å². The highest BCUT2D eigenvalue weighted by Gasteiger charge is 2.09. The van der Waals surface area contributed by atoms with Gasteiger partial charge in [-0.3, -0.25) is 13.9 Å². The van der Waals surface area contributed by atoms with E-state index in [0.717, 1.165) is 24.8 Å². The summed E-state index contributed by atoms with van der Waals surface area (Å²) < 4.78 is 4.39. The normalized spacial score (nSPS) is 10.7. The molecule has 112 valence electrons. The highest BCUT2D eigenvalue weighted by molar-refractivity contribution is 9.11. The Morgan fingerprint density at radius 1 is 1.05 bits per heavy atom. The Morgan fingerprint density at radius 2 is 1.62 bits per heavy atom. The molecule has 0 radical (unpaired) electrons. The summed E-state index contributed by atoms with van der Waals surface area (Å²) in [5.74, 6) is 0. The predicted octanol–water partition coefficient (Wildman–Crippen LogP) is 2.53. The zero-order chi connectivity index (χ0) is 15.7. The number of aromatic nitrogens is 2. The van der Waals surface area contributed by atoms with Crippen LogP contribution in [0.1, 0.15) is 11.3 Å². The Bertz CT molecular complexity index is 786. The molecule has 0 fully saturated rings. The third-order valence-electron chi connectivity index (χ3n) is 3.26. The first kappa shape index (κ1) is 16.0. The molecular weight excluding hydrogens is 402 g/mol. The van der Waals surface area contributed by atoms with Crippen LogP contribution in [0, 0.1) is 6.92 Å². The first-order valence-electron chi connectivity index (χ1n) is 6.26. The first-order valence-corrected chi connectivity index (χ1v) is 7.85. The van der Waals surface area contributed by atoms with Crippen LogP contribution in [0.4, 0.5) is 5.69 Å². The maximum Gasteiger partial charge on any atom is 0.330 e. The van der Waals surface area contributed by atoms with Crippen LogP contribution in [-0.2, 0) is 20.6 Å². The molecule has 1 heterocycles. The van der Waals surface area contributed by atoms with Gasteiger partial charge in [-0.15, -0.1) is 0 Å². The summed E-state index contributed by atoms with van der Waals surface area (Å²) in [5, 5.41) is 3.24. The number of hydrogen-bond acceptors (Lipinski definition) is 3. The van der Waals surface area contributed by atoms with Gasteiger partial charge in [0.15, 0.2) is 0 Å². The van der Waals surface area contributed by atoms with Crippen LogP contribution in [0.2, 0.25) is 0 Å². The van der Waals surface area contributed by atoms with Gasteiger partial charge in [-0.1, -0.05) is 0 Å². The van der Waals surface area contributed by atoms with Crippen molar-refractivity contribution in [3.8, 4) is 0 Å². The van der Waals surface area contributed by atoms with E-state index in [-0.39, 0.29) is 11.2 Å². The van der Waals surface area contributed by atoms with Crippen LogP contribution in [-0.4, -0.2) is 9.13 Å². The number of nitrogens with one attached hydrogen (secondary N) is 1. The van der Waals surface area contributed by atoms with E-state index in [4.69, 9.17) is 0 Å². The number of rotatable bonds is 3. The summed E-state index contributed by atoms with van der Waals surface area (Å²) in [7, 11) is 3.12. The van der Waals surface area contributed by atoms with E-state index < -0.39 is 0 Å². The van der Waals surface area contributed by atoms with Crippen molar-refractivity contribution in [1.82, 2.24) is 9.13 Å². The lowest BCUT2D eigenvalue weighted by Crippen LogP contribution is -2.38. The molecule has 0 aliphatic heterocycles. The van der Waals surface area contributed by atoms with Gasteiger partial charge >= 0.3 is 5.69 Å². The lowest BCUT2D eigenvalue weighted by molar-refractivity contribution is 0.655. The van der Waals surface area contributed by atoms with Gasteiger partial charge in [0, 0.05) is 34.8 Å². The van der Waals surface area contributed by atoms with Crippen LogP contribution >= 0.6 is 31.9 Å². The van der Waals surface area contributed by atoms with E-state index in [1.54, 1.807) is 7.05 Å². The summed E-state index contributed by atoms with van der Waals surface area (Å²) in [5.41, 5.74) is 2.00. The maximum absolute atomic E-state index is 11.9. The van der Waals surface area contributed by atoms with Crippen LogP contribution in [0.5, 0.6) is 0 Å². The van der Waals surface area contributed by atoms with Gasteiger partial charge in [0.2, 0.25) is 0 Å². The lowest BCUT2D eigenvalue weighted by atomic mass is 10.2. The fraction of sp³-hybridized carbons (Fsp3) is 0.286. The smallest absolute Gasteiger partial charge is 0.330 e. The number of nitrogens with zero attached hydrogens (tertiary/aromatic N) is 2. The highest BCUT2D eigenvalue weighted by Crippen LogP contribution is 2.32. The van der Waals surface area contributed by atoms with Gasteiger partial charge in [0.1, 0.15) is 0 Å². The molecule has 0 aliphatic carbocycles. The molecule has 1 aromatic carbocycles. The average Bonchev–Trinajstić information content (AvgIpc) is 2.40. The molecule has 0 atom stereocenters. The minimum absolute atomic E-state index is 0.308. The molecule has 0 aliphatic rings. The van der Waals surface area contributed by atoms with Gasteiger partial charge in [-0.25, -0.2) is 4.79 Å². The largest absolute Gasteiger partial charge is 0.378 e. The van der Waals surface area contributed by atoms with Gasteiger partial charge in [0.05, 0.1) is 12.2 Å². The summed E-state index contributed by atoms with van der Waals surface area (Å²) in [4.78, 5) is 23.6. The molecule has 0 unspecified atom stereocenters. The Balaban J connectivity index is 2.34. The van der Waals surface area contributed by atoms with E-state index >= 15 is 0 Å². The monoisotopic (exact) mass is 415 g/mol. The SMILES string of the molecule is Cc1cc(Br)c(NCc2cc(=O)n(C)c(=O)n2C)c(Br)c1. The number of aryl methyl sites for hydroxylation is 1. The average molecular weight is 417 g/mol. The van der Waals surface area contributed by atoms with Gasteiger partial charge in [0.25, 0.3) is 5.56 Å². The molecule has 0 saturated heterocycles. The van der Waals surface area contributed by atoms with Crippen molar-refractivity contribution in [3.63, 3.8) is 0 Å². The second kappa shape index (κ2) is 6.19. The second-order valence-electron chi connectivity index (χ2n) is 4.83. The molecule has 0 saturated carbocycles. The molecule has 0 spiro atoms. The standard InChI is InChI=1S/C14H15Br2N3O2/c1-8-4-10(15)13(11(16)5-8)17-7-9-6-12(20)19(3)14(21)18(9)2/h4-6,17H,7H2,1-3H3. The van der Waals surface area contributed by atoms with Gasteiger partial charge < -0.3 is 5.32 Å². The molecule has 7 heteroatoms. The molecule has 1 N–H and O–H groups in total. The topological polar surface area (TPSA) is 56.0 Å². The summed E-state index contributed by atoms with van der Waals surface area (Å²) >= 11 is 7.01. The minimum atomic E-state index is -0.332. The van der Waals surface area contributed by atoms with E-state index in [0.29, 0.717) is 12.2 Å². The molecule has 0 bridgehead atoms. The van der Waals surface area contributed by atoms with Crippen LogP contribution in [0.3, 0.4) is 0 Å². The molecular formula is C14H15Br2N3O2. The lowest BCUT2D eigenvalue weighted by Gasteiger charge is -2.14. The molecule has 1 aromatic heterocycles. The Morgan fingerprint density at radius 3 is 2.19 bits per heavy atom. The van der Waals surface area contributed by atoms with Crippen LogP contribution in [0.15, 0.2) is 36.7 Å². The summed E-state index contributed by atoms with van der Waals surface area (Å²) in [6.45, 7) is 2.38. The predicted molar refractivity (Wildman–Crippen MR) is 90.8 cm³/mol. The van der Waals surface area contributed by atoms with Crippen molar-refractivity contribution in [2.75, 3.05) is 5.32 Å². The van der Waals surface area contributed by atoms with E-state index in [1.807, 2.05) is 19.1 Å². The Hall–Kier alpha value is -1.34. The van der Waals surface area contributed by atoms with E-state index in [2.05, 4.69) is 37.2 Å². The number of hydrogen-bond donors (Lipinski definition) is 1. The summed E-state index contributed by atoms with van der Waals surface area (Å²) in [6.07, 6.45) is 0. The van der Waals surface area contributed by atoms with Crippen molar-refractivity contribution in [3.05, 3.63) is 59.2 Å². The second-order valence-corrected chi connectivity index (χ2v) is 6.54. The third-order valence-corrected chi connectivity index (χ3v) is 4.51. The highest BCUT2D eigenvalue weighted by atomic mass is 79.9. The fourth-order valence-corrected chi connectivity index (χ4v) is 3.69. The maximum atomic E-state index is 11.9. The molecule has 5 nitrogen and oxygen atoms in total. The Kier molecular flexibility index (Phi) is 4.73. The minimum Gasteiger partial charge on any atom is -0.378 e. The molecule has 2 aromatic rings. The zero-order valence-electron chi connectivity index (χ0n) is 11.9. The van der Waals surface area contributed by atoms with Crippen LogP contribution in [0.25, 0.3) is 0 Å². The van der Waals surface area contributed by atoms with Crippen LogP contribution < -0.4 is 16.6 Å². The fourth-order valence-electron chi connectivity index (χ4n) is 2.00. The van der Waals surface area contributed by atoms with E-state index in [9.17, 15) is 9.59 Å². The molecule has 2 rings (SSSR count).